The number of hydrogen-bond acceptors (Lipinski definition) is 4. The summed E-state index contributed by atoms with van der Waals surface area (Å²) in [7, 11) is 4.09. The number of carbonyl (C=O) groups excluding carboxylic acids is 1. The van der Waals surface area contributed by atoms with Crippen molar-refractivity contribution in [3.63, 3.8) is 0 Å². The van der Waals surface area contributed by atoms with Gasteiger partial charge in [-0.05, 0) is 40.5 Å². The summed E-state index contributed by atoms with van der Waals surface area (Å²) in [4.78, 5) is 16.2. The van der Waals surface area contributed by atoms with E-state index in [1.54, 1.807) is 0 Å². The number of carbonyl (C=O) groups is 1. The van der Waals surface area contributed by atoms with Crippen LogP contribution in [0.25, 0.3) is 0 Å². The molecule has 1 fully saturated rings. The molecule has 0 aromatic carbocycles. The van der Waals surface area contributed by atoms with Crippen LogP contribution in [-0.2, 0) is 9.53 Å². The zero-order chi connectivity index (χ0) is 11.3. The lowest BCUT2D eigenvalue weighted by molar-refractivity contribution is -0.128. The normalized spacial score (nSPS) is 25.1. The third kappa shape index (κ3) is 3.89. The first-order valence-electron chi connectivity index (χ1n) is 5.64. The molecule has 1 rings (SSSR count). The van der Waals surface area contributed by atoms with E-state index in [1.165, 1.54) is 0 Å². The fourth-order valence-electron chi connectivity index (χ4n) is 1.92. The molecule has 0 aromatic rings. The lowest BCUT2D eigenvalue weighted by Crippen LogP contribution is -2.45. The Morgan fingerprint density at radius 2 is 2.13 bits per heavy atom. The molecule has 0 aromatic heterocycles. The Balaban J connectivity index is 2.51. The molecule has 4 heteroatoms. The second-order valence-electron chi connectivity index (χ2n) is 4.22. The van der Waals surface area contributed by atoms with Gasteiger partial charge in [0, 0.05) is 13.2 Å². The van der Waals surface area contributed by atoms with Crippen LogP contribution in [0.2, 0.25) is 0 Å². The summed E-state index contributed by atoms with van der Waals surface area (Å²) in [6, 6.07) is 0.00375. The predicted molar refractivity (Wildman–Crippen MR) is 60.0 cm³/mol. The molecule has 4 nitrogen and oxygen atoms in total. The second kappa shape index (κ2) is 6.20. The van der Waals surface area contributed by atoms with Gasteiger partial charge in [0.05, 0.1) is 6.04 Å². The van der Waals surface area contributed by atoms with Crippen molar-refractivity contribution in [2.45, 2.75) is 19.4 Å². The minimum atomic E-state index is 0.00375. The third-order valence-electron chi connectivity index (χ3n) is 2.89. The first-order chi connectivity index (χ1) is 7.15. The summed E-state index contributed by atoms with van der Waals surface area (Å²) < 4.78 is 5.18. The third-order valence-corrected chi connectivity index (χ3v) is 2.89. The van der Waals surface area contributed by atoms with E-state index in [9.17, 15) is 4.79 Å². The maximum Gasteiger partial charge on any atom is 0.176 e. The van der Waals surface area contributed by atoms with Crippen LogP contribution in [0.15, 0.2) is 0 Å². The van der Waals surface area contributed by atoms with Crippen LogP contribution in [0.4, 0.5) is 0 Å². The zero-order valence-corrected chi connectivity index (χ0v) is 10.0. The van der Waals surface area contributed by atoms with Crippen LogP contribution in [-0.4, -0.2) is 68.6 Å². The molecule has 1 atom stereocenters. The van der Waals surface area contributed by atoms with Gasteiger partial charge in [0.1, 0.15) is 6.61 Å². The van der Waals surface area contributed by atoms with Gasteiger partial charge >= 0.3 is 0 Å². The molecule has 1 heterocycles. The van der Waals surface area contributed by atoms with E-state index in [0.29, 0.717) is 6.61 Å². The van der Waals surface area contributed by atoms with E-state index in [4.69, 9.17) is 4.74 Å². The van der Waals surface area contributed by atoms with Crippen LogP contribution in [0, 0.1) is 0 Å². The Kier molecular flexibility index (Phi) is 5.22. The van der Waals surface area contributed by atoms with E-state index in [-0.39, 0.29) is 18.4 Å². The fourth-order valence-corrected chi connectivity index (χ4v) is 1.92. The maximum absolute atomic E-state index is 11.9. The lowest BCUT2D eigenvalue weighted by Gasteiger charge is -2.25. The van der Waals surface area contributed by atoms with Gasteiger partial charge in [-0.15, -0.1) is 0 Å². The number of likely N-dealkylation sites (N-methyl/N-ethyl adjacent to an activating group) is 2. The first kappa shape index (κ1) is 12.6. The molecule has 0 N–H and O–H groups in total. The van der Waals surface area contributed by atoms with Crippen LogP contribution >= 0.6 is 0 Å². The van der Waals surface area contributed by atoms with Crippen LogP contribution in [0.1, 0.15) is 13.3 Å². The number of ketones is 1. The van der Waals surface area contributed by atoms with Crippen molar-refractivity contribution < 1.29 is 9.53 Å². The number of rotatable bonds is 4. The Morgan fingerprint density at radius 3 is 2.80 bits per heavy atom. The maximum atomic E-state index is 11.9. The van der Waals surface area contributed by atoms with Crippen LogP contribution in [0.5, 0.6) is 0 Å². The second-order valence-corrected chi connectivity index (χ2v) is 4.22. The van der Waals surface area contributed by atoms with E-state index in [0.717, 1.165) is 26.1 Å². The molecule has 1 saturated heterocycles. The molecule has 1 aliphatic heterocycles. The number of nitrogens with zero attached hydrogens (tertiary/aromatic N) is 2. The highest BCUT2D eigenvalue weighted by atomic mass is 16.5. The van der Waals surface area contributed by atoms with Crippen molar-refractivity contribution >= 4 is 5.78 Å². The highest BCUT2D eigenvalue weighted by molar-refractivity contribution is 5.85. The molecule has 88 valence electrons. The lowest BCUT2D eigenvalue weighted by atomic mass is 10.1. The van der Waals surface area contributed by atoms with Gasteiger partial charge in [0.15, 0.2) is 5.78 Å². The molecule has 0 spiro atoms. The van der Waals surface area contributed by atoms with Gasteiger partial charge in [-0.25, -0.2) is 0 Å². The first-order valence-corrected chi connectivity index (χ1v) is 5.64. The SMILES string of the molecule is CCOCC(=O)C1CN(C)CCCN1C. The molecule has 15 heavy (non-hydrogen) atoms. The molecule has 0 amide bonds. The van der Waals surface area contributed by atoms with Gasteiger partial charge in [-0.2, -0.15) is 0 Å². The summed E-state index contributed by atoms with van der Waals surface area (Å²) in [6.07, 6.45) is 1.13. The predicted octanol–water partition coefficient (Wildman–Crippen LogP) is 0.228. The van der Waals surface area contributed by atoms with E-state index in [2.05, 4.69) is 16.8 Å². The van der Waals surface area contributed by atoms with Crippen molar-refractivity contribution in [1.82, 2.24) is 9.80 Å². The van der Waals surface area contributed by atoms with Crippen molar-refractivity contribution in [1.29, 1.82) is 0 Å². The van der Waals surface area contributed by atoms with Crippen molar-refractivity contribution in [2.75, 3.05) is 46.9 Å². The number of Topliss-reactive ketones (excluding diaryl/α,β-unsaturated/α-hetero) is 1. The summed E-state index contributed by atoms with van der Waals surface area (Å²) >= 11 is 0. The summed E-state index contributed by atoms with van der Waals surface area (Å²) in [5.41, 5.74) is 0. The molecule has 0 aliphatic carbocycles. The topological polar surface area (TPSA) is 32.8 Å². The van der Waals surface area contributed by atoms with Crippen molar-refractivity contribution in [2.24, 2.45) is 0 Å². The Morgan fingerprint density at radius 1 is 1.40 bits per heavy atom. The fraction of sp³-hybridized carbons (Fsp3) is 0.909. The Bertz CT molecular complexity index is 209. The van der Waals surface area contributed by atoms with Gasteiger partial charge in [0.2, 0.25) is 0 Å². The van der Waals surface area contributed by atoms with Crippen LogP contribution in [0.3, 0.4) is 0 Å². The average molecular weight is 214 g/mol. The van der Waals surface area contributed by atoms with E-state index >= 15 is 0 Å². The zero-order valence-electron chi connectivity index (χ0n) is 10.0. The van der Waals surface area contributed by atoms with Crippen molar-refractivity contribution in [3.05, 3.63) is 0 Å². The summed E-state index contributed by atoms with van der Waals surface area (Å²) in [5.74, 6) is 0.202. The molecule has 1 unspecified atom stereocenters. The molecule has 0 saturated carbocycles. The van der Waals surface area contributed by atoms with Gasteiger partial charge in [-0.1, -0.05) is 0 Å². The highest BCUT2D eigenvalue weighted by Gasteiger charge is 2.26. The molecule has 1 aliphatic rings. The monoisotopic (exact) mass is 214 g/mol. The van der Waals surface area contributed by atoms with Gasteiger partial charge in [-0.3, -0.25) is 9.69 Å². The smallest absolute Gasteiger partial charge is 0.176 e. The standard InChI is InChI=1S/C11H22N2O2/c1-4-15-9-11(14)10-8-12(2)6-5-7-13(10)3/h10H,4-9H2,1-3H3. The molecule has 0 bridgehead atoms. The van der Waals surface area contributed by atoms with Gasteiger partial charge < -0.3 is 9.64 Å². The molecule has 0 radical (unpaired) electrons. The summed E-state index contributed by atoms with van der Waals surface area (Å²) in [6.45, 7) is 5.66. The Labute approximate surface area is 92.2 Å². The Hall–Kier alpha value is -0.450. The largest absolute Gasteiger partial charge is 0.374 e. The quantitative estimate of drug-likeness (QED) is 0.670. The van der Waals surface area contributed by atoms with E-state index < -0.39 is 0 Å². The average Bonchev–Trinajstić information content (AvgIpc) is 2.37. The number of ether oxygens (including phenoxy) is 1. The highest BCUT2D eigenvalue weighted by Crippen LogP contribution is 2.07. The molecular formula is C11H22N2O2. The minimum absolute atomic E-state index is 0.00375. The summed E-state index contributed by atoms with van der Waals surface area (Å²) in [5, 5.41) is 0. The molecular weight excluding hydrogens is 192 g/mol. The minimum Gasteiger partial charge on any atom is -0.374 e. The van der Waals surface area contributed by atoms with Crippen molar-refractivity contribution in [3.8, 4) is 0 Å². The number of hydrogen-bond donors (Lipinski definition) is 0. The van der Waals surface area contributed by atoms with E-state index in [1.807, 2.05) is 14.0 Å². The van der Waals surface area contributed by atoms with Gasteiger partial charge in [0.25, 0.3) is 0 Å². The van der Waals surface area contributed by atoms with Crippen LogP contribution < -0.4 is 0 Å².